The normalized spacial score (nSPS) is 28.2. The summed E-state index contributed by atoms with van der Waals surface area (Å²) in [5.41, 5.74) is 3.76. The second-order valence-corrected chi connectivity index (χ2v) is 9.56. The predicted octanol–water partition coefficient (Wildman–Crippen LogP) is 5.12. The van der Waals surface area contributed by atoms with E-state index in [4.69, 9.17) is 0 Å². The van der Waals surface area contributed by atoms with Gasteiger partial charge in [0.05, 0.1) is 22.1 Å². The van der Waals surface area contributed by atoms with Crippen molar-refractivity contribution >= 4 is 23.3 Å². The van der Waals surface area contributed by atoms with Gasteiger partial charge in [0.25, 0.3) is 5.69 Å². The van der Waals surface area contributed by atoms with Gasteiger partial charge in [-0.1, -0.05) is 6.07 Å². The molecule has 0 aromatic heterocycles. The first kappa shape index (κ1) is 20.4. The van der Waals surface area contributed by atoms with Crippen molar-refractivity contribution < 1.29 is 15.0 Å². The van der Waals surface area contributed by atoms with Crippen molar-refractivity contribution in [2.24, 2.45) is 22.9 Å². The summed E-state index contributed by atoms with van der Waals surface area (Å²) in [5, 5.41) is 36.6. The molecule has 0 radical (unpaired) electrons. The van der Waals surface area contributed by atoms with Crippen LogP contribution in [0.1, 0.15) is 49.7 Å². The Hall–Kier alpha value is -3.49. The molecule has 9 nitrogen and oxygen atoms in total. The van der Waals surface area contributed by atoms with Crippen molar-refractivity contribution in [3.05, 3.63) is 67.8 Å². The van der Waals surface area contributed by atoms with Crippen LogP contribution in [0, 0.1) is 38.0 Å². The largest absolute Gasteiger partial charge is 0.507 e. The zero-order valence-corrected chi connectivity index (χ0v) is 17.4. The lowest BCUT2D eigenvalue weighted by Crippen LogP contribution is -2.48. The zero-order chi connectivity index (χ0) is 22.5. The number of nitro groups is 2. The zero-order valence-electron chi connectivity index (χ0n) is 17.4. The van der Waals surface area contributed by atoms with Crippen LogP contribution in [-0.2, 0) is 5.41 Å². The van der Waals surface area contributed by atoms with Crippen molar-refractivity contribution in [2.45, 2.75) is 43.9 Å². The van der Waals surface area contributed by atoms with Gasteiger partial charge in [-0.3, -0.25) is 25.7 Å². The van der Waals surface area contributed by atoms with Crippen molar-refractivity contribution in [1.29, 1.82) is 0 Å². The smallest absolute Gasteiger partial charge is 0.301 e. The number of anilines is 1. The van der Waals surface area contributed by atoms with Crippen molar-refractivity contribution in [1.82, 2.24) is 0 Å². The first-order valence-corrected chi connectivity index (χ1v) is 10.9. The molecule has 32 heavy (non-hydrogen) atoms. The van der Waals surface area contributed by atoms with E-state index in [-0.39, 0.29) is 22.5 Å². The summed E-state index contributed by atoms with van der Waals surface area (Å²) in [4.78, 5) is 20.8. The highest BCUT2D eigenvalue weighted by molar-refractivity contribution is 5.84. The summed E-state index contributed by atoms with van der Waals surface area (Å²) in [6, 6.07) is 9.02. The Balaban J connectivity index is 1.39. The van der Waals surface area contributed by atoms with Crippen molar-refractivity contribution in [3.8, 4) is 5.75 Å². The van der Waals surface area contributed by atoms with Crippen LogP contribution in [0.3, 0.4) is 0 Å². The Labute approximate surface area is 184 Å². The monoisotopic (exact) mass is 436 g/mol. The fourth-order valence-corrected chi connectivity index (χ4v) is 6.50. The molecule has 6 rings (SSSR count). The van der Waals surface area contributed by atoms with E-state index in [1.807, 2.05) is 12.1 Å². The molecule has 4 bridgehead atoms. The van der Waals surface area contributed by atoms with Gasteiger partial charge in [0.2, 0.25) is 0 Å². The summed E-state index contributed by atoms with van der Waals surface area (Å²) in [7, 11) is 0. The summed E-state index contributed by atoms with van der Waals surface area (Å²) in [6.45, 7) is 0. The Morgan fingerprint density at radius 2 is 1.62 bits per heavy atom. The third-order valence-electron chi connectivity index (χ3n) is 7.46. The maximum absolute atomic E-state index is 11.3. The van der Waals surface area contributed by atoms with E-state index in [0.717, 1.165) is 23.8 Å². The van der Waals surface area contributed by atoms with Crippen LogP contribution in [0.15, 0.2) is 41.5 Å². The lowest BCUT2D eigenvalue weighted by atomic mass is 9.48. The van der Waals surface area contributed by atoms with E-state index in [1.54, 1.807) is 6.07 Å². The van der Waals surface area contributed by atoms with Gasteiger partial charge in [-0.15, -0.1) is 0 Å². The molecule has 2 N–H and O–H groups in total. The van der Waals surface area contributed by atoms with E-state index in [9.17, 15) is 25.3 Å². The molecule has 0 aliphatic heterocycles. The van der Waals surface area contributed by atoms with Crippen LogP contribution in [0.2, 0.25) is 0 Å². The van der Waals surface area contributed by atoms with E-state index in [2.05, 4.69) is 10.5 Å². The van der Waals surface area contributed by atoms with Gasteiger partial charge in [0, 0.05) is 11.6 Å². The van der Waals surface area contributed by atoms with E-state index in [0.29, 0.717) is 5.56 Å². The first-order chi connectivity index (χ1) is 15.3. The molecule has 4 saturated carbocycles. The molecule has 4 fully saturated rings. The Morgan fingerprint density at radius 3 is 2.22 bits per heavy atom. The van der Waals surface area contributed by atoms with Gasteiger partial charge in [0.1, 0.15) is 11.4 Å². The van der Waals surface area contributed by atoms with Gasteiger partial charge >= 0.3 is 5.69 Å². The molecule has 9 heteroatoms. The number of rotatable bonds is 6. The molecular weight excluding hydrogens is 412 g/mol. The van der Waals surface area contributed by atoms with E-state index in [1.165, 1.54) is 62.4 Å². The van der Waals surface area contributed by atoms with Crippen LogP contribution in [0.25, 0.3) is 0 Å². The minimum atomic E-state index is -0.698. The number of phenolic OH excluding ortho intramolecular Hbond substituents is 1. The quantitative estimate of drug-likeness (QED) is 0.367. The minimum Gasteiger partial charge on any atom is -0.507 e. The van der Waals surface area contributed by atoms with Crippen LogP contribution in [0.4, 0.5) is 17.1 Å². The van der Waals surface area contributed by atoms with E-state index < -0.39 is 15.5 Å². The van der Waals surface area contributed by atoms with Gasteiger partial charge in [-0.25, -0.2) is 0 Å². The molecule has 0 heterocycles. The highest BCUT2D eigenvalue weighted by Gasteiger charge is 2.51. The molecular formula is C23H24N4O5. The number of nitrogens with one attached hydrogen (secondary N) is 1. The Morgan fingerprint density at radius 1 is 0.969 bits per heavy atom. The number of nitrogens with zero attached hydrogens (tertiary/aromatic N) is 3. The molecule has 0 atom stereocenters. The van der Waals surface area contributed by atoms with Crippen LogP contribution in [-0.4, -0.2) is 21.2 Å². The second-order valence-electron chi connectivity index (χ2n) is 9.56. The van der Waals surface area contributed by atoms with Crippen LogP contribution < -0.4 is 5.43 Å². The SMILES string of the molecule is O=[N+]([O-])c1ccc(N/N=C/c2cc(C34CC5CC(CC(C5)C3)C4)ccc2O)c([N+](=O)[O-])c1. The number of hydrogen-bond donors (Lipinski definition) is 2. The average molecular weight is 436 g/mol. The maximum Gasteiger partial charge on any atom is 0.301 e. The fourth-order valence-electron chi connectivity index (χ4n) is 6.50. The molecule has 0 spiro atoms. The second kappa shape index (κ2) is 7.58. The summed E-state index contributed by atoms with van der Waals surface area (Å²) >= 11 is 0. The Bertz CT molecular complexity index is 1090. The van der Waals surface area contributed by atoms with Crippen LogP contribution >= 0.6 is 0 Å². The highest BCUT2D eigenvalue weighted by atomic mass is 16.6. The number of hydrazone groups is 1. The first-order valence-electron chi connectivity index (χ1n) is 10.9. The third-order valence-corrected chi connectivity index (χ3v) is 7.46. The number of aromatic hydroxyl groups is 1. The number of non-ortho nitro benzene ring substituents is 1. The fraction of sp³-hybridized carbons (Fsp3) is 0.435. The number of benzene rings is 2. The van der Waals surface area contributed by atoms with Gasteiger partial charge in [-0.2, -0.15) is 5.10 Å². The van der Waals surface area contributed by atoms with Gasteiger partial charge in [-0.05, 0) is 85.5 Å². The lowest BCUT2D eigenvalue weighted by Gasteiger charge is -2.57. The topological polar surface area (TPSA) is 131 Å². The summed E-state index contributed by atoms with van der Waals surface area (Å²) < 4.78 is 0. The predicted molar refractivity (Wildman–Crippen MR) is 119 cm³/mol. The molecule has 0 saturated heterocycles. The number of hydrogen-bond acceptors (Lipinski definition) is 7. The van der Waals surface area contributed by atoms with E-state index >= 15 is 0 Å². The van der Waals surface area contributed by atoms with Crippen molar-refractivity contribution in [3.63, 3.8) is 0 Å². The Kier molecular flexibility index (Phi) is 4.83. The standard InChI is InChI=1S/C23H24N4O5/c28-22-4-1-18(23-10-14-5-15(11-23)7-16(6-14)12-23)8-17(22)13-24-25-20-3-2-19(26(29)30)9-21(20)27(31)32/h1-4,8-9,13-16,25,28H,5-7,10-12H2/b24-13+. The van der Waals surface area contributed by atoms with Crippen LogP contribution in [0.5, 0.6) is 5.75 Å². The number of nitro benzene ring substituents is 2. The molecule has 4 aliphatic rings. The molecule has 0 unspecified atom stereocenters. The average Bonchev–Trinajstić information content (AvgIpc) is 2.74. The maximum atomic E-state index is 11.3. The lowest BCUT2D eigenvalue weighted by molar-refractivity contribution is -0.393. The molecule has 2 aromatic rings. The molecule has 4 aliphatic carbocycles. The van der Waals surface area contributed by atoms with Gasteiger partial charge < -0.3 is 5.11 Å². The molecule has 2 aromatic carbocycles. The van der Waals surface area contributed by atoms with Gasteiger partial charge in [0.15, 0.2) is 0 Å². The third kappa shape index (κ3) is 3.57. The summed E-state index contributed by atoms with van der Waals surface area (Å²) in [6.07, 6.45) is 9.09. The van der Waals surface area contributed by atoms with Crippen molar-refractivity contribution in [2.75, 3.05) is 5.43 Å². The minimum absolute atomic E-state index is 0.0357. The summed E-state index contributed by atoms with van der Waals surface area (Å²) in [5.74, 6) is 2.49. The molecule has 0 amide bonds. The number of phenols is 1. The highest BCUT2D eigenvalue weighted by Crippen LogP contribution is 2.60. The molecule has 166 valence electrons.